The average Bonchev–Trinajstić information content (AvgIpc) is 2.41. The second-order valence-corrected chi connectivity index (χ2v) is 4.81. The first-order valence-corrected chi connectivity index (χ1v) is 6.49. The Balaban J connectivity index is 2.38. The number of benzene rings is 1. The van der Waals surface area contributed by atoms with Crippen LogP contribution in [0.25, 0.3) is 0 Å². The Kier molecular flexibility index (Phi) is 4.23. The summed E-state index contributed by atoms with van der Waals surface area (Å²) in [5, 5.41) is 2.67. The first-order valence-electron chi connectivity index (χ1n) is 6.11. The maximum Gasteiger partial charge on any atom is 0.359 e. The number of halogens is 1. The second-order valence-electron chi connectivity index (χ2n) is 4.41. The summed E-state index contributed by atoms with van der Waals surface area (Å²) in [5.41, 5.74) is -0.360. The molecule has 0 aliphatic heterocycles. The number of rotatable bonds is 3. The first-order chi connectivity index (χ1) is 9.90. The van der Waals surface area contributed by atoms with Crippen LogP contribution in [0.3, 0.4) is 0 Å². The predicted octanol–water partition coefficient (Wildman–Crippen LogP) is 3.06. The number of anilines is 1. The van der Waals surface area contributed by atoms with Crippen LogP contribution in [0.1, 0.15) is 33.4 Å². The zero-order valence-electron chi connectivity index (χ0n) is 11.4. The zero-order valence-corrected chi connectivity index (χ0v) is 12.2. The summed E-state index contributed by atoms with van der Waals surface area (Å²) in [6.45, 7) is 2.86. The molecule has 5 nitrogen and oxygen atoms in total. The van der Waals surface area contributed by atoms with E-state index in [9.17, 15) is 14.4 Å². The van der Waals surface area contributed by atoms with Gasteiger partial charge in [-0.3, -0.25) is 9.59 Å². The first kappa shape index (κ1) is 15.0. The van der Waals surface area contributed by atoms with Crippen molar-refractivity contribution in [3.63, 3.8) is 0 Å². The minimum Gasteiger partial charge on any atom is -0.426 e. The molecule has 2 rings (SSSR count). The number of nitrogens with one attached hydrogen (secondary N) is 1. The lowest BCUT2D eigenvalue weighted by Crippen LogP contribution is -2.19. The molecule has 1 heterocycles. The number of hydrogen-bond donors (Lipinski definition) is 1. The molecule has 0 aliphatic carbocycles. The fraction of sp³-hybridized carbons (Fsp3) is 0.133. The zero-order chi connectivity index (χ0) is 15.6. The molecule has 0 spiro atoms. The van der Waals surface area contributed by atoms with Gasteiger partial charge in [-0.1, -0.05) is 23.7 Å². The van der Waals surface area contributed by atoms with Gasteiger partial charge in [0, 0.05) is 0 Å². The van der Waals surface area contributed by atoms with E-state index < -0.39 is 11.5 Å². The summed E-state index contributed by atoms with van der Waals surface area (Å²) in [7, 11) is 0. The number of hydrogen-bond acceptors (Lipinski definition) is 4. The summed E-state index contributed by atoms with van der Waals surface area (Å²) >= 11 is 5.92. The number of carbonyl (C=O) groups excluding carboxylic acids is 2. The van der Waals surface area contributed by atoms with Gasteiger partial charge in [0.1, 0.15) is 11.4 Å². The maximum absolute atomic E-state index is 12.1. The fourth-order valence-corrected chi connectivity index (χ4v) is 2.05. The minimum atomic E-state index is -0.724. The summed E-state index contributed by atoms with van der Waals surface area (Å²) < 4.78 is 4.94. The fourth-order valence-electron chi connectivity index (χ4n) is 1.83. The van der Waals surface area contributed by atoms with Crippen molar-refractivity contribution in [2.24, 2.45) is 0 Å². The van der Waals surface area contributed by atoms with Gasteiger partial charge in [0.15, 0.2) is 5.78 Å². The molecule has 0 atom stereocenters. The molecule has 1 amide bonds. The summed E-state index contributed by atoms with van der Waals surface area (Å²) in [6, 6.07) is 7.74. The van der Waals surface area contributed by atoms with Gasteiger partial charge in [0.05, 0.1) is 16.1 Å². The van der Waals surface area contributed by atoms with Gasteiger partial charge in [-0.15, -0.1) is 0 Å². The molecular weight excluding hydrogens is 294 g/mol. The van der Waals surface area contributed by atoms with Gasteiger partial charge in [0.2, 0.25) is 0 Å². The van der Waals surface area contributed by atoms with Crippen molar-refractivity contribution in [3.05, 3.63) is 62.7 Å². The maximum atomic E-state index is 12.1. The van der Waals surface area contributed by atoms with E-state index >= 15 is 0 Å². The van der Waals surface area contributed by atoms with E-state index in [1.165, 1.54) is 26.0 Å². The highest BCUT2D eigenvalue weighted by Gasteiger charge is 2.15. The van der Waals surface area contributed by atoms with Crippen molar-refractivity contribution in [2.45, 2.75) is 13.8 Å². The van der Waals surface area contributed by atoms with Crippen molar-refractivity contribution < 1.29 is 14.0 Å². The van der Waals surface area contributed by atoms with E-state index in [0.29, 0.717) is 0 Å². The van der Waals surface area contributed by atoms with E-state index in [-0.39, 0.29) is 33.4 Å². The number of carbonyl (C=O) groups is 2. The van der Waals surface area contributed by atoms with Crippen LogP contribution in [0.15, 0.2) is 39.5 Å². The average molecular weight is 306 g/mol. The Morgan fingerprint density at radius 2 is 1.86 bits per heavy atom. The minimum absolute atomic E-state index is 0.101. The number of amides is 1. The lowest BCUT2D eigenvalue weighted by molar-refractivity contribution is 0.100. The molecule has 21 heavy (non-hydrogen) atoms. The van der Waals surface area contributed by atoms with Crippen LogP contribution in [-0.2, 0) is 0 Å². The van der Waals surface area contributed by atoms with Gasteiger partial charge in [-0.05, 0) is 32.0 Å². The SMILES string of the molecule is CC(=O)c1cc(NC(=O)c2ccccc2Cl)c(=O)oc1C. The van der Waals surface area contributed by atoms with E-state index in [4.69, 9.17) is 16.0 Å². The van der Waals surface area contributed by atoms with Crippen molar-refractivity contribution in [1.82, 2.24) is 0 Å². The van der Waals surface area contributed by atoms with Gasteiger partial charge < -0.3 is 9.73 Å². The van der Waals surface area contributed by atoms with E-state index in [1.807, 2.05) is 0 Å². The topological polar surface area (TPSA) is 76.4 Å². The van der Waals surface area contributed by atoms with Gasteiger partial charge in [-0.2, -0.15) is 0 Å². The van der Waals surface area contributed by atoms with Crippen molar-refractivity contribution >= 4 is 29.0 Å². The van der Waals surface area contributed by atoms with Crippen molar-refractivity contribution in [1.29, 1.82) is 0 Å². The Morgan fingerprint density at radius 3 is 2.48 bits per heavy atom. The Morgan fingerprint density at radius 1 is 1.19 bits per heavy atom. The van der Waals surface area contributed by atoms with E-state index in [2.05, 4.69) is 5.32 Å². The van der Waals surface area contributed by atoms with Crippen LogP contribution in [0.5, 0.6) is 0 Å². The standard InChI is InChI=1S/C15H12ClNO4/c1-8(18)11-7-13(15(20)21-9(11)2)17-14(19)10-5-3-4-6-12(10)16/h3-7H,1-2H3,(H,17,19). The molecule has 0 fully saturated rings. The van der Waals surface area contributed by atoms with Crippen molar-refractivity contribution in [2.75, 3.05) is 5.32 Å². The molecule has 0 aliphatic rings. The Bertz CT molecular complexity index is 779. The third-order valence-electron chi connectivity index (χ3n) is 2.88. The summed E-state index contributed by atoms with van der Waals surface area (Å²) in [5.74, 6) is -0.598. The number of aryl methyl sites for hydroxylation is 1. The molecule has 2 aromatic rings. The molecule has 0 unspecified atom stereocenters. The summed E-state index contributed by atoms with van der Waals surface area (Å²) in [4.78, 5) is 35.3. The van der Waals surface area contributed by atoms with Crippen LogP contribution in [0, 0.1) is 6.92 Å². The van der Waals surface area contributed by atoms with Gasteiger partial charge in [0.25, 0.3) is 5.91 Å². The highest BCUT2D eigenvalue weighted by atomic mass is 35.5. The molecule has 1 aromatic carbocycles. The Hall–Kier alpha value is -2.40. The van der Waals surface area contributed by atoms with Gasteiger partial charge >= 0.3 is 5.63 Å². The third kappa shape index (κ3) is 3.20. The molecule has 108 valence electrons. The molecule has 1 aromatic heterocycles. The largest absolute Gasteiger partial charge is 0.426 e. The molecule has 0 saturated heterocycles. The highest BCUT2D eigenvalue weighted by Crippen LogP contribution is 2.17. The quantitative estimate of drug-likeness (QED) is 0.884. The molecule has 0 radical (unpaired) electrons. The monoisotopic (exact) mass is 305 g/mol. The number of ketones is 1. The third-order valence-corrected chi connectivity index (χ3v) is 3.21. The highest BCUT2D eigenvalue weighted by molar-refractivity contribution is 6.34. The molecule has 1 N–H and O–H groups in total. The van der Waals surface area contributed by atoms with Crippen LogP contribution in [-0.4, -0.2) is 11.7 Å². The smallest absolute Gasteiger partial charge is 0.359 e. The molecule has 0 bridgehead atoms. The Labute approximate surface area is 125 Å². The van der Waals surface area contributed by atoms with Gasteiger partial charge in [-0.25, -0.2) is 4.79 Å². The van der Waals surface area contributed by atoms with Crippen LogP contribution in [0.2, 0.25) is 5.02 Å². The molecule has 6 heteroatoms. The van der Waals surface area contributed by atoms with E-state index in [0.717, 1.165) is 0 Å². The lowest BCUT2D eigenvalue weighted by atomic mass is 10.1. The second kappa shape index (κ2) is 5.93. The van der Waals surface area contributed by atoms with Crippen LogP contribution in [0.4, 0.5) is 5.69 Å². The van der Waals surface area contributed by atoms with Crippen LogP contribution >= 0.6 is 11.6 Å². The van der Waals surface area contributed by atoms with E-state index in [1.54, 1.807) is 18.2 Å². The predicted molar refractivity (Wildman–Crippen MR) is 79.1 cm³/mol. The molecule has 0 saturated carbocycles. The van der Waals surface area contributed by atoms with Crippen LogP contribution < -0.4 is 10.9 Å². The number of Topliss-reactive ketones (excluding diaryl/α,β-unsaturated/α-hetero) is 1. The lowest BCUT2D eigenvalue weighted by Gasteiger charge is -2.07. The normalized spacial score (nSPS) is 10.2. The van der Waals surface area contributed by atoms with Crippen molar-refractivity contribution in [3.8, 4) is 0 Å². The molecular formula is C15H12ClNO4. The summed E-state index contributed by atoms with van der Waals surface area (Å²) in [6.07, 6.45) is 0.